The average molecular weight is 558 g/mol. The number of nitrogens with one attached hydrogen (secondary N) is 1. The van der Waals surface area contributed by atoms with Crippen LogP contribution in [0.1, 0.15) is 25.0 Å². The monoisotopic (exact) mass is 557 g/mol. The molecule has 0 aromatic heterocycles. The second kappa shape index (κ2) is 12.8. The van der Waals surface area contributed by atoms with Crippen LogP contribution in [-0.2, 0) is 26.2 Å². The zero-order chi connectivity index (χ0) is 27.9. The molecule has 3 aromatic rings. The molecule has 2 amide bonds. The third kappa shape index (κ3) is 7.05. The first-order chi connectivity index (χ1) is 18.1. The highest BCUT2D eigenvalue weighted by Gasteiger charge is 2.32. The van der Waals surface area contributed by atoms with Crippen molar-refractivity contribution in [1.29, 1.82) is 0 Å². The van der Waals surface area contributed by atoms with Gasteiger partial charge in [0, 0.05) is 18.1 Å². The highest BCUT2D eigenvalue weighted by molar-refractivity contribution is 7.92. The molecule has 1 atom stereocenters. The zero-order valence-electron chi connectivity index (χ0n) is 21.8. The number of hydrogen-bond acceptors (Lipinski definition) is 5. The largest absolute Gasteiger partial charge is 0.497 e. The Hall–Kier alpha value is -3.56. The van der Waals surface area contributed by atoms with Gasteiger partial charge in [0.15, 0.2) is 0 Å². The van der Waals surface area contributed by atoms with Crippen molar-refractivity contribution in [2.45, 2.75) is 38.3 Å². The summed E-state index contributed by atoms with van der Waals surface area (Å²) in [5.74, 6) is -0.361. The van der Waals surface area contributed by atoms with E-state index in [0.29, 0.717) is 17.3 Å². The molecule has 0 aliphatic rings. The predicted molar refractivity (Wildman–Crippen MR) is 149 cm³/mol. The molecule has 10 heteroatoms. The Morgan fingerprint density at radius 1 is 1.03 bits per heavy atom. The van der Waals surface area contributed by atoms with Crippen molar-refractivity contribution >= 4 is 39.1 Å². The number of carbonyl (C=O) groups excluding carboxylic acids is 2. The van der Waals surface area contributed by atoms with Gasteiger partial charge in [0.2, 0.25) is 11.8 Å². The number of hydrogen-bond donors (Lipinski definition) is 1. The van der Waals surface area contributed by atoms with Gasteiger partial charge < -0.3 is 15.0 Å². The summed E-state index contributed by atoms with van der Waals surface area (Å²) in [6, 6.07) is 18.9. The summed E-state index contributed by atoms with van der Waals surface area (Å²) >= 11 is 6.04. The molecule has 0 saturated carbocycles. The second-order valence-electron chi connectivity index (χ2n) is 8.74. The van der Waals surface area contributed by atoms with Crippen LogP contribution in [0.4, 0.5) is 5.69 Å². The molecule has 8 nitrogen and oxygen atoms in total. The average Bonchev–Trinajstić information content (AvgIpc) is 2.90. The van der Waals surface area contributed by atoms with Crippen molar-refractivity contribution in [2.75, 3.05) is 24.5 Å². The molecule has 0 aliphatic heterocycles. The predicted octanol–water partition coefficient (Wildman–Crippen LogP) is 4.41. The Kier molecular flexibility index (Phi) is 9.77. The fourth-order valence-corrected chi connectivity index (χ4v) is 5.46. The van der Waals surface area contributed by atoms with Gasteiger partial charge in [0.05, 0.1) is 17.7 Å². The van der Waals surface area contributed by atoms with Crippen LogP contribution in [0.3, 0.4) is 0 Å². The molecule has 1 N–H and O–H groups in total. The van der Waals surface area contributed by atoms with Crippen molar-refractivity contribution in [3.05, 3.63) is 88.9 Å². The fraction of sp³-hybridized carbons (Fsp3) is 0.286. The van der Waals surface area contributed by atoms with E-state index in [1.54, 1.807) is 26.0 Å². The molecular formula is C28H32ClN3O5S. The van der Waals surface area contributed by atoms with Crippen LogP contribution in [0, 0.1) is 6.92 Å². The first-order valence-corrected chi connectivity index (χ1v) is 13.9. The Balaban J connectivity index is 2.02. The van der Waals surface area contributed by atoms with E-state index >= 15 is 0 Å². The number of rotatable bonds is 11. The Morgan fingerprint density at radius 2 is 1.68 bits per heavy atom. The maximum atomic E-state index is 13.8. The topological polar surface area (TPSA) is 96.0 Å². The van der Waals surface area contributed by atoms with Crippen molar-refractivity contribution in [3.8, 4) is 5.75 Å². The lowest BCUT2D eigenvalue weighted by Crippen LogP contribution is -2.51. The first kappa shape index (κ1) is 29.0. The Morgan fingerprint density at radius 3 is 2.26 bits per heavy atom. The molecule has 0 aliphatic carbocycles. The van der Waals surface area contributed by atoms with E-state index in [1.165, 1.54) is 48.4 Å². The van der Waals surface area contributed by atoms with Crippen molar-refractivity contribution in [2.24, 2.45) is 0 Å². The summed E-state index contributed by atoms with van der Waals surface area (Å²) in [6.45, 7) is 5.37. The van der Waals surface area contributed by atoms with Gasteiger partial charge in [0.1, 0.15) is 18.3 Å². The number of methoxy groups -OCH3 is 1. The van der Waals surface area contributed by atoms with Gasteiger partial charge in [-0.3, -0.25) is 13.9 Å². The molecular weight excluding hydrogens is 526 g/mol. The molecule has 3 rings (SSSR count). The number of benzene rings is 3. The molecule has 0 radical (unpaired) electrons. The van der Waals surface area contributed by atoms with Crippen LogP contribution >= 0.6 is 11.6 Å². The van der Waals surface area contributed by atoms with Crippen LogP contribution in [0.5, 0.6) is 5.75 Å². The second-order valence-corrected chi connectivity index (χ2v) is 11.0. The molecule has 0 unspecified atom stereocenters. The van der Waals surface area contributed by atoms with Crippen LogP contribution < -0.4 is 14.4 Å². The van der Waals surface area contributed by atoms with Gasteiger partial charge >= 0.3 is 0 Å². The van der Waals surface area contributed by atoms with E-state index in [0.717, 1.165) is 15.4 Å². The quantitative estimate of drug-likeness (QED) is 0.377. The molecule has 0 fully saturated rings. The summed E-state index contributed by atoms with van der Waals surface area (Å²) in [4.78, 5) is 27.9. The van der Waals surface area contributed by atoms with E-state index < -0.39 is 28.5 Å². The van der Waals surface area contributed by atoms with Gasteiger partial charge in [-0.2, -0.15) is 0 Å². The van der Waals surface area contributed by atoms with Crippen molar-refractivity contribution in [3.63, 3.8) is 0 Å². The standard InChI is InChI=1S/C28H32ClN3O5S/c1-5-30-28(34)21(3)31(18-22-8-6-7-20(2)17-22)27(33)19-32(24-11-9-23(29)10-12-24)38(35,36)26-15-13-25(37-4)14-16-26/h6-17,21H,5,18-19H2,1-4H3,(H,30,34)/t21-/m1/s1. The minimum Gasteiger partial charge on any atom is -0.497 e. The molecule has 0 bridgehead atoms. The SMILES string of the molecule is CCNC(=O)[C@@H](C)N(Cc1cccc(C)c1)C(=O)CN(c1ccc(Cl)cc1)S(=O)(=O)c1ccc(OC)cc1. The normalized spacial score (nSPS) is 11.9. The van der Waals surface area contributed by atoms with E-state index in [2.05, 4.69) is 5.32 Å². The number of halogens is 1. The molecule has 0 saturated heterocycles. The summed E-state index contributed by atoms with van der Waals surface area (Å²) in [7, 11) is -2.68. The van der Waals surface area contributed by atoms with Gasteiger partial charge in [0.25, 0.3) is 10.0 Å². The smallest absolute Gasteiger partial charge is 0.264 e. The lowest BCUT2D eigenvalue weighted by Gasteiger charge is -2.32. The third-order valence-electron chi connectivity index (χ3n) is 5.99. The van der Waals surface area contributed by atoms with E-state index in [1.807, 2.05) is 31.2 Å². The van der Waals surface area contributed by atoms with Gasteiger partial charge in [-0.1, -0.05) is 41.4 Å². The maximum Gasteiger partial charge on any atom is 0.264 e. The summed E-state index contributed by atoms with van der Waals surface area (Å²) in [5, 5.41) is 3.17. The maximum absolute atomic E-state index is 13.8. The number of amides is 2. The van der Waals surface area contributed by atoms with E-state index in [4.69, 9.17) is 16.3 Å². The fourth-order valence-electron chi connectivity index (χ4n) is 3.92. The van der Waals surface area contributed by atoms with Gasteiger partial charge in [-0.25, -0.2) is 8.42 Å². The summed E-state index contributed by atoms with van der Waals surface area (Å²) in [5.41, 5.74) is 2.09. The van der Waals surface area contributed by atoms with Crippen LogP contribution in [-0.4, -0.2) is 51.4 Å². The first-order valence-electron chi connectivity index (χ1n) is 12.1. The number of carbonyl (C=O) groups is 2. The van der Waals surface area contributed by atoms with Crippen molar-refractivity contribution < 1.29 is 22.7 Å². The number of likely N-dealkylation sites (N-methyl/N-ethyl adjacent to an activating group) is 1. The molecule has 0 spiro atoms. The highest BCUT2D eigenvalue weighted by Crippen LogP contribution is 2.27. The minimum atomic E-state index is -4.17. The lowest BCUT2D eigenvalue weighted by molar-refractivity contribution is -0.139. The summed E-state index contributed by atoms with van der Waals surface area (Å²) in [6.07, 6.45) is 0. The van der Waals surface area contributed by atoms with E-state index in [-0.39, 0.29) is 23.0 Å². The minimum absolute atomic E-state index is 0.0111. The van der Waals surface area contributed by atoms with Crippen LogP contribution in [0.2, 0.25) is 5.02 Å². The van der Waals surface area contributed by atoms with Crippen LogP contribution in [0.15, 0.2) is 77.7 Å². The number of sulfonamides is 1. The zero-order valence-corrected chi connectivity index (χ0v) is 23.4. The number of anilines is 1. The summed E-state index contributed by atoms with van der Waals surface area (Å²) < 4.78 is 33.8. The molecule has 3 aromatic carbocycles. The Labute approximate surface area is 229 Å². The number of ether oxygens (including phenoxy) is 1. The number of aryl methyl sites for hydroxylation is 1. The highest BCUT2D eigenvalue weighted by atomic mass is 35.5. The molecule has 202 valence electrons. The lowest BCUT2D eigenvalue weighted by atomic mass is 10.1. The third-order valence-corrected chi connectivity index (χ3v) is 8.03. The number of nitrogens with zero attached hydrogens (tertiary/aromatic N) is 2. The molecule has 0 heterocycles. The van der Waals surface area contributed by atoms with Crippen LogP contribution in [0.25, 0.3) is 0 Å². The molecule has 38 heavy (non-hydrogen) atoms. The Bertz CT molecular complexity index is 1360. The van der Waals surface area contributed by atoms with E-state index in [9.17, 15) is 18.0 Å². The van der Waals surface area contributed by atoms with Gasteiger partial charge in [-0.15, -0.1) is 0 Å². The van der Waals surface area contributed by atoms with Crippen molar-refractivity contribution in [1.82, 2.24) is 10.2 Å². The van der Waals surface area contributed by atoms with Gasteiger partial charge in [-0.05, 0) is 74.9 Å².